The molecule has 3 heterocycles. The van der Waals surface area contributed by atoms with Gasteiger partial charge in [-0.25, -0.2) is 4.98 Å². The summed E-state index contributed by atoms with van der Waals surface area (Å²) in [6.45, 7) is -0.123. The van der Waals surface area contributed by atoms with Gasteiger partial charge in [0.1, 0.15) is 5.75 Å². The Morgan fingerprint density at radius 1 is 1.25 bits per heavy atom. The molecule has 4 aromatic rings. The van der Waals surface area contributed by atoms with Crippen LogP contribution >= 0.6 is 11.3 Å². The van der Waals surface area contributed by atoms with E-state index < -0.39 is 0 Å². The van der Waals surface area contributed by atoms with Gasteiger partial charge in [0, 0.05) is 33.6 Å². The molecule has 0 radical (unpaired) electrons. The molecule has 0 fully saturated rings. The number of anilines is 1. The molecule has 2 aromatic carbocycles. The first-order chi connectivity index (χ1) is 13.7. The number of ketones is 1. The molecule has 0 unspecified atom stereocenters. The molecule has 7 heteroatoms. The van der Waals surface area contributed by atoms with E-state index in [4.69, 9.17) is 4.74 Å². The van der Waals surface area contributed by atoms with Crippen LogP contribution in [0.25, 0.3) is 22.2 Å². The Labute approximate surface area is 164 Å². The second kappa shape index (κ2) is 6.61. The van der Waals surface area contributed by atoms with Gasteiger partial charge in [0.25, 0.3) is 5.91 Å². The fourth-order valence-electron chi connectivity index (χ4n) is 3.42. The number of rotatable bonds is 4. The number of thiazole rings is 1. The summed E-state index contributed by atoms with van der Waals surface area (Å²) in [5.74, 6) is 0.221. The first kappa shape index (κ1) is 16.7. The van der Waals surface area contributed by atoms with E-state index >= 15 is 0 Å². The standard InChI is InChI=1S/C21H15N3O3S/c25-19(15-8-22-16-4-2-1-3-14(15)16)9-24-18-7-13(17-11-28-12-23-17)5-6-20(18)27-10-21(24)26/h1-8,11-12,22H,9-10H2. The fraction of sp³-hybridized carbons (Fsp3) is 0.0952. The predicted molar refractivity (Wildman–Crippen MR) is 108 cm³/mol. The van der Waals surface area contributed by atoms with Gasteiger partial charge in [-0.2, -0.15) is 0 Å². The summed E-state index contributed by atoms with van der Waals surface area (Å²) in [6.07, 6.45) is 1.70. The van der Waals surface area contributed by atoms with E-state index in [0.29, 0.717) is 17.0 Å². The number of aromatic nitrogens is 2. The highest BCUT2D eigenvalue weighted by atomic mass is 32.1. The number of Topliss-reactive ketones (excluding diaryl/α,β-unsaturated/α-hetero) is 1. The van der Waals surface area contributed by atoms with Crippen molar-refractivity contribution >= 4 is 39.6 Å². The van der Waals surface area contributed by atoms with Crippen LogP contribution in [0, 0.1) is 0 Å². The van der Waals surface area contributed by atoms with Crippen LogP contribution in [0.15, 0.2) is 59.6 Å². The normalized spacial score (nSPS) is 13.4. The van der Waals surface area contributed by atoms with Gasteiger partial charge in [-0.15, -0.1) is 11.3 Å². The molecule has 1 aliphatic heterocycles. The van der Waals surface area contributed by atoms with Crippen molar-refractivity contribution in [3.63, 3.8) is 0 Å². The summed E-state index contributed by atoms with van der Waals surface area (Å²) >= 11 is 1.50. The van der Waals surface area contributed by atoms with Crippen molar-refractivity contribution in [3.05, 3.63) is 65.1 Å². The number of ether oxygens (including phenoxy) is 1. The highest BCUT2D eigenvalue weighted by molar-refractivity contribution is 7.07. The van der Waals surface area contributed by atoms with E-state index in [1.54, 1.807) is 11.7 Å². The molecule has 1 amide bonds. The van der Waals surface area contributed by atoms with Gasteiger partial charge in [0.05, 0.1) is 23.4 Å². The molecule has 0 saturated heterocycles. The number of para-hydroxylation sites is 1. The van der Waals surface area contributed by atoms with Crippen LogP contribution < -0.4 is 9.64 Å². The van der Waals surface area contributed by atoms with E-state index in [0.717, 1.165) is 22.2 Å². The van der Waals surface area contributed by atoms with E-state index in [1.807, 2.05) is 47.8 Å². The highest BCUT2D eigenvalue weighted by Gasteiger charge is 2.29. The average molecular weight is 389 g/mol. The van der Waals surface area contributed by atoms with Gasteiger partial charge >= 0.3 is 0 Å². The number of benzene rings is 2. The van der Waals surface area contributed by atoms with Crippen molar-refractivity contribution in [2.75, 3.05) is 18.1 Å². The molecule has 138 valence electrons. The molecule has 2 aromatic heterocycles. The van der Waals surface area contributed by atoms with Crippen molar-refractivity contribution in [2.45, 2.75) is 0 Å². The zero-order valence-corrected chi connectivity index (χ0v) is 15.5. The Kier molecular flexibility index (Phi) is 3.95. The zero-order chi connectivity index (χ0) is 19.1. The van der Waals surface area contributed by atoms with Gasteiger partial charge in [-0.05, 0) is 24.3 Å². The number of hydrogen-bond donors (Lipinski definition) is 1. The summed E-state index contributed by atoms with van der Waals surface area (Å²) in [4.78, 5) is 34.5. The lowest BCUT2D eigenvalue weighted by Gasteiger charge is -2.29. The van der Waals surface area contributed by atoms with Crippen LogP contribution in [0.2, 0.25) is 0 Å². The molecule has 1 N–H and O–H groups in total. The molecule has 1 aliphatic rings. The van der Waals surface area contributed by atoms with Crippen LogP contribution in [0.5, 0.6) is 5.75 Å². The Hall–Kier alpha value is -3.45. The summed E-state index contributed by atoms with van der Waals surface area (Å²) in [7, 11) is 0. The van der Waals surface area contributed by atoms with Crippen LogP contribution in [-0.2, 0) is 4.79 Å². The van der Waals surface area contributed by atoms with Crippen LogP contribution in [-0.4, -0.2) is 34.8 Å². The second-order valence-electron chi connectivity index (χ2n) is 6.50. The number of carbonyl (C=O) groups excluding carboxylic acids is 2. The molecule has 0 bridgehead atoms. The smallest absolute Gasteiger partial charge is 0.265 e. The number of hydrogen-bond acceptors (Lipinski definition) is 5. The largest absolute Gasteiger partial charge is 0.482 e. The maximum Gasteiger partial charge on any atom is 0.265 e. The van der Waals surface area contributed by atoms with Crippen molar-refractivity contribution in [2.24, 2.45) is 0 Å². The first-order valence-corrected chi connectivity index (χ1v) is 9.70. The molecule has 0 atom stereocenters. The van der Waals surface area contributed by atoms with E-state index in [-0.39, 0.29) is 24.8 Å². The molecule has 28 heavy (non-hydrogen) atoms. The first-order valence-electron chi connectivity index (χ1n) is 8.76. The van der Waals surface area contributed by atoms with E-state index in [2.05, 4.69) is 9.97 Å². The summed E-state index contributed by atoms with van der Waals surface area (Å²) in [5, 5.41) is 2.79. The Balaban J connectivity index is 1.51. The average Bonchev–Trinajstić information content (AvgIpc) is 3.39. The lowest BCUT2D eigenvalue weighted by Crippen LogP contribution is -2.42. The fourth-order valence-corrected chi connectivity index (χ4v) is 3.98. The van der Waals surface area contributed by atoms with Crippen LogP contribution in [0.3, 0.4) is 0 Å². The van der Waals surface area contributed by atoms with Crippen LogP contribution in [0.4, 0.5) is 5.69 Å². The third-order valence-electron chi connectivity index (χ3n) is 4.82. The molecule has 0 spiro atoms. The lowest BCUT2D eigenvalue weighted by molar-refractivity contribution is -0.121. The molecule has 6 nitrogen and oxygen atoms in total. The number of carbonyl (C=O) groups is 2. The molecule has 0 saturated carbocycles. The third kappa shape index (κ3) is 2.76. The topological polar surface area (TPSA) is 75.3 Å². The van der Waals surface area contributed by atoms with Crippen LogP contribution in [0.1, 0.15) is 10.4 Å². The molecular weight excluding hydrogens is 374 g/mol. The van der Waals surface area contributed by atoms with Gasteiger partial charge in [-0.1, -0.05) is 18.2 Å². The minimum atomic E-state index is -0.240. The summed E-state index contributed by atoms with van der Waals surface area (Å²) < 4.78 is 5.55. The number of H-pyrrole nitrogens is 1. The van der Waals surface area contributed by atoms with E-state index in [9.17, 15) is 9.59 Å². The van der Waals surface area contributed by atoms with Crippen molar-refractivity contribution in [1.82, 2.24) is 9.97 Å². The Bertz CT molecular complexity index is 1200. The molecule has 5 rings (SSSR count). The highest BCUT2D eigenvalue weighted by Crippen LogP contribution is 2.36. The Morgan fingerprint density at radius 2 is 2.14 bits per heavy atom. The van der Waals surface area contributed by atoms with Gasteiger partial charge in [-0.3, -0.25) is 14.5 Å². The Morgan fingerprint density at radius 3 is 3.00 bits per heavy atom. The van der Waals surface area contributed by atoms with E-state index in [1.165, 1.54) is 16.2 Å². The minimum Gasteiger partial charge on any atom is -0.482 e. The van der Waals surface area contributed by atoms with Gasteiger partial charge in [0.15, 0.2) is 12.4 Å². The number of aromatic amines is 1. The predicted octanol–water partition coefficient (Wildman–Crippen LogP) is 3.90. The SMILES string of the molecule is O=C(CN1C(=O)COc2ccc(-c3cscn3)cc21)c1c[nH]c2ccccc12. The van der Waals surface area contributed by atoms with Crippen molar-refractivity contribution < 1.29 is 14.3 Å². The second-order valence-corrected chi connectivity index (χ2v) is 7.21. The van der Waals surface area contributed by atoms with Crippen molar-refractivity contribution in [1.29, 1.82) is 0 Å². The van der Waals surface area contributed by atoms with Crippen molar-refractivity contribution in [3.8, 4) is 17.0 Å². The molecular formula is C21H15N3O3S. The maximum atomic E-state index is 13.0. The summed E-state index contributed by atoms with van der Waals surface area (Å²) in [5.41, 5.74) is 5.53. The number of nitrogens with zero attached hydrogens (tertiary/aromatic N) is 2. The monoisotopic (exact) mass is 389 g/mol. The third-order valence-corrected chi connectivity index (χ3v) is 5.41. The molecule has 0 aliphatic carbocycles. The quantitative estimate of drug-likeness (QED) is 0.537. The number of nitrogens with one attached hydrogen (secondary N) is 1. The number of amides is 1. The lowest BCUT2D eigenvalue weighted by atomic mass is 10.1. The van der Waals surface area contributed by atoms with Gasteiger partial charge < -0.3 is 9.72 Å². The maximum absolute atomic E-state index is 13.0. The number of fused-ring (bicyclic) bond motifs is 2. The minimum absolute atomic E-state index is 0.0441. The summed E-state index contributed by atoms with van der Waals surface area (Å²) in [6, 6.07) is 13.2. The van der Waals surface area contributed by atoms with Gasteiger partial charge in [0.2, 0.25) is 0 Å². The zero-order valence-electron chi connectivity index (χ0n) is 14.7.